The molecule has 1 aliphatic heterocycles. The SMILES string of the molecule is CC(C)(O)C1CCCN1C(=O)c1cccc(F)c1F. The van der Waals surface area contributed by atoms with Crippen LogP contribution in [0.1, 0.15) is 37.0 Å². The van der Waals surface area contributed by atoms with E-state index < -0.39 is 23.1 Å². The van der Waals surface area contributed by atoms with Gasteiger partial charge in [-0.15, -0.1) is 0 Å². The monoisotopic (exact) mass is 269 g/mol. The van der Waals surface area contributed by atoms with E-state index in [2.05, 4.69) is 0 Å². The van der Waals surface area contributed by atoms with Crippen molar-refractivity contribution in [2.75, 3.05) is 6.54 Å². The van der Waals surface area contributed by atoms with Gasteiger partial charge >= 0.3 is 0 Å². The van der Waals surface area contributed by atoms with Gasteiger partial charge in [-0.1, -0.05) is 6.07 Å². The quantitative estimate of drug-likeness (QED) is 0.895. The molecule has 3 nitrogen and oxygen atoms in total. The van der Waals surface area contributed by atoms with E-state index in [0.717, 1.165) is 12.5 Å². The number of aliphatic hydroxyl groups is 1. The Labute approximate surface area is 110 Å². The summed E-state index contributed by atoms with van der Waals surface area (Å²) in [5.74, 6) is -2.74. The number of rotatable bonds is 2. The normalized spacial score (nSPS) is 19.8. The van der Waals surface area contributed by atoms with Crippen LogP contribution in [0.15, 0.2) is 18.2 Å². The second-order valence-electron chi connectivity index (χ2n) is 5.41. The molecular weight excluding hydrogens is 252 g/mol. The molecule has 0 saturated carbocycles. The van der Waals surface area contributed by atoms with E-state index >= 15 is 0 Å². The zero-order valence-corrected chi connectivity index (χ0v) is 11.0. The van der Waals surface area contributed by atoms with Crippen LogP contribution in [0, 0.1) is 11.6 Å². The molecule has 0 spiro atoms. The molecule has 104 valence electrons. The Morgan fingerprint density at radius 3 is 2.74 bits per heavy atom. The van der Waals surface area contributed by atoms with Crippen molar-refractivity contribution in [1.29, 1.82) is 0 Å². The summed E-state index contributed by atoms with van der Waals surface area (Å²) >= 11 is 0. The number of hydrogen-bond acceptors (Lipinski definition) is 2. The van der Waals surface area contributed by atoms with E-state index in [9.17, 15) is 18.7 Å². The summed E-state index contributed by atoms with van der Waals surface area (Å²) in [6.07, 6.45) is 1.41. The summed E-state index contributed by atoms with van der Waals surface area (Å²) in [6.45, 7) is 3.68. The van der Waals surface area contributed by atoms with Crippen LogP contribution < -0.4 is 0 Å². The standard InChI is InChI=1S/C14H17F2NO2/c1-14(2,19)11-7-4-8-17(11)13(18)9-5-3-6-10(15)12(9)16/h3,5-6,11,19H,4,7-8H2,1-2H3. The molecule has 2 rings (SSSR count). The largest absolute Gasteiger partial charge is 0.388 e. The fraction of sp³-hybridized carbons (Fsp3) is 0.500. The van der Waals surface area contributed by atoms with Crippen molar-refractivity contribution < 1.29 is 18.7 Å². The van der Waals surface area contributed by atoms with Crippen LogP contribution in [0.2, 0.25) is 0 Å². The van der Waals surface area contributed by atoms with Crippen molar-refractivity contribution in [3.63, 3.8) is 0 Å². The molecule has 1 unspecified atom stereocenters. The lowest BCUT2D eigenvalue weighted by atomic mass is 9.96. The third-order valence-corrected chi connectivity index (χ3v) is 3.51. The van der Waals surface area contributed by atoms with Crippen molar-refractivity contribution in [3.8, 4) is 0 Å². The van der Waals surface area contributed by atoms with Crippen LogP contribution in [0.4, 0.5) is 8.78 Å². The van der Waals surface area contributed by atoms with Gasteiger partial charge in [0.05, 0.1) is 17.2 Å². The molecule has 0 bridgehead atoms. The van der Waals surface area contributed by atoms with E-state index in [-0.39, 0.29) is 11.6 Å². The zero-order chi connectivity index (χ0) is 14.2. The summed E-state index contributed by atoms with van der Waals surface area (Å²) in [6, 6.07) is 3.17. The number of carbonyl (C=O) groups is 1. The number of nitrogens with zero attached hydrogens (tertiary/aromatic N) is 1. The van der Waals surface area contributed by atoms with Gasteiger partial charge in [-0.2, -0.15) is 0 Å². The fourth-order valence-electron chi connectivity index (χ4n) is 2.57. The van der Waals surface area contributed by atoms with E-state index in [0.29, 0.717) is 13.0 Å². The van der Waals surface area contributed by atoms with Crippen LogP contribution in [-0.2, 0) is 0 Å². The number of likely N-dealkylation sites (tertiary alicyclic amines) is 1. The first-order chi connectivity index (χ1) is 8.82. The molecule has 1 amide bonds. The molecule has 0 radical (unpaired) electrons. The van der Waals surface area contributed by atoms with Crippen LogP contribution in [0.25, 0.3) is 0 Å². The van der Waals surface area contributed by atoms with Crippen molar-refractivity contribution in [3.05, 3.63) is 35.4 Å². The predicted octanol–water partition coefficient (Wildman–Crippen LogP) is 2.34. The van der Waals surface area contributed by atoms with Crippen molar-refractivity contribution in [2.45, 2.75) is 38.3 Å². The van der Waals surface area contributed by atoms with Gasteiger partial charge in [0.15, 0.2) is 11.6 Å². The first-order valence-electron chi connectivity index (χ1n) is 6.29. The lowest BCUT2D eigenvalue weighted by molar-refractivity contribution is 0.000131. The minimum absolute atomic E-state index is 0.281. The highest BCUT2D eigenvalue weighted by Gasteiger charge is 2.39. The average Bonchev–Trinajstić information content (AvgIpc) is 2.80. The highest BCUT2D eigenvalue weighted by molar-refractivity contribution is 5.95. The Kier molecular flexibility index (Phi) is 3.58. The molecule has 5 heteroatoms. The third kappa shape index (κ3) is 2.61. The highest BCUT2D eigenvalue weighted by Crippen LogP contribution is 2.28. The molecule has 1 fully saturated rings. The van der Waals surface area contributed by atoms with Crippen molar-refractivity contribution in [1.82, 2.24) is 4.90 Å². The van der Waals surface area contributed by atoms with Gasteiger partial charge in [0.2, 0.25) is 0 Å². The number of halogens is 2. The van der Waals surface area contributed by atoms with Crippen molar-refractivity contribution >= 4 is 5.91 Å². The Morgan fingerprint density at radius 1 is 1.42 bits per heavy atom. The van der Waals surface area contributed by atoms with E-state index in [1.165, 1.54) is 17.0 Å². The Bertz CT molecular complexity index is 497. The average molecular weight is 269 g/mol. The zero-order valence-electron chi connectivity index (χ0n) is 11.0. The minimum Gasteiger partial charge on any atom is -0.388 e. The predicted molar refractivity (Wildman–Crippen MR) is 66.7 cm³/mol. The van der Waals surface area contributed by atoms with Crippen LogP contribution in [-0.4, -0.2) is 34.1 Å². The minimum atomic E-state index is -1.13. The van der Waals surface area contributed by atoms with Crippen molar-refractivity contribution in [2.24, 2.45) is 0 Å². The molecular formula is C14H17F2NO2. The maximum absolute atomic E-state index is 13.6. The van der Waals surface area contributed by atoms with E-state index in [1.54, 1.807) is 13.8 Å². The van der Waals surface area contributed by atoms with E-state index in [1.807, 2.05) is 0 Å². The first-order valence-corrected chi connectivity index (χ1v) is 6.29. The van der Waals surface area contributed by atoms with Gasteiger partial charge in [0, 0.05) is 6.54 Å². The van der Waals surface area contributed by atoms with Gasteiger partial charge in [-0.25, -0.2) is 8.78 Å². The summed E-state index contributed by atoms with van der Waals surface area (Å²) < 4.78 is 26.8. The number of benzene rings is 1. The van der Waals surface area contributed by atoms with E-state index in [4.69, 9.17) is 0 Å². The summed E-state index contributed by atoms with van der Waals surface area (Å²) in [5.41, 5.74) is -1.34. The van der Waals surface area contributed by atoms with Gasteiger partial charge < -0.3 is 10.0 Å². The third-order valence-electron chi connectivity index (χ3n) is 3.51. The molecule has 1 aliphatic rings. The number of carbonyl (C=O) groups excluding carboxylic acids is 1. The smallest absolute Gasteiger partial charge is 0.257 e. The molecule has 1 atom stereocenters. The van der Waals surface area contributed by atoms with Gasteiger partial charge in [0.25, 0.3) is 5.91 Å². The topological polar surface area (TPSA) is 40.5 Å². The molecule has 1 aromatic carbocycles. The first kappa shape index (κ1) is 13.9. The summed E-state index contributed by atoms with van der Waals surface area (Å²) in [5, 5.41) is 10.0. The lowest BCUT2D eigenvalue weighted by Gasteiger charge is -2.33. The second-order valence-corrected chi connectivity index (χ2v) is 5.41. The second kappa shape index (κ2) is 4.89. The lowest BCUT2D eigenvalue weighted by Crippen LogP contribution is -2.48. The van der Waals surface area contributed by atoms with Gasteiger partial charge in [-0.3, -0.25) is 4.79 Å². The highest BCUT2D eigenvalue weighted by atomic mass is 19.2. The molecule has 0 aromatic heterocycles. The number of hydrogen-bond donors (Lipinski definition) is 1. The molecule has 0 aliphatic carbocycles. The number of amides is 1. The Balaban J connectivity index is 2.31. The summed E-state index contributed by atoms with van der Waals surface area (Å²) in [7, 11) is 0. The Hall–Kier alpha value is -1.49. The fourth-order valence-corrected chi connectivity index (χ4v) is 2.57. The molecule has 1 saturated heterocycles. The van der Waals surface area contributed by atoms with Crippen LogP contribution in [0.5, 0.6) is 0 Å². The van der Waals surface area contributed by atoms with Crippen LogP contribution in [0.3, 0.4) is 0 Å². The van der Waals surface area contributed by atoms with Gasteiger partial charge in [-0.05, 0) is 38.8 Å². The van der Waals surface area contributed by atoms with Gasteiger partial charge in [0.1, 0.15) is 0 Å². The Morgan fingerprint density at radius 2 is 2.11 bits per heavy atom. The summed E-state index contributed by atoms with van der Waals surface area (Å²) in [4.78, 5) is 13.7. The molecule has 1 N–H and O–H groups in total. The molecule has 1 aromatic rings. The maximum atomic E-state index is 13.6. The molecule has 19 heavy (non-hydrogen) atoms. The van der Waals surface area contributed by atoms with Crippen LogP contribution >= 0.6 is 0 Å². The maximum Gasteiger partial charge on any atom is 0.257 e. The molecule has 1 heterocycles.